The molecule has 0 aliphatic carbocycles. The molecule has 1 saturated heterocycles. The van der Waals surface area contributed by atoms with Crippen LogP contribution in [-0.2, 0) is 4.74 Å². The number of ether oxygens (including phenoxy) is 1. The summed E-state index contributed by atoms with van der Waals surface area (Å²) in [5, 5.41) is 7.37. The second kappa shape index (κ2) is 8.47. The Kier molecular flexibility index (Phi) is 6.06. The van der Waals surface area contributed by atoms with Gasteiger partial charge < -0.3 is 10.1 Å². The van der Waals surface area contributed by atoms with Gasteiger partial charge in [-0.05, 0) is 25.0 Å². The molecule has 1 fully saturated rings. The summed E-state index contributed by atoms with van der Waals surface area (Å²) >= 11 is 0. The van der Waals surface area contributed by atoms with Crippen LogP contribution in [0.25, 0.3) is 5.69 Å². The molecule has 26 heavy (non-hydrogen) atoms. The molecule has 3 rings (SSSR count). The van der Waals surface area contributed by atoms with E-state index in [1.54, 1.807) is 10.9 Å². The van der Waals surface area contributed by atoms with Gasteiger partial charge in [-0.3, -0.25) is 9.69 Å². The highest BCUT2D eigenvalue weighted by Gasteiger charge is 2.22. The topological polar surface area (TPSA) is 59.4 Å². The average Bonchev–Trinajstić information content (AvgIpc) is 3.02. The van der Waals surface area contributed by atoms with E-state index < -0.39 is 0 Å². The summed E-state index contributed by atoms with van der Waals surface area (Å²) in [5.41, 5.74) is 2.38. The minimum atomic E-state index is -0.103. The highest BCUT2D eigenvalue weighted by Crippen LogP contribution is 2.14. The molecule has 0 spiro atoms. The molecule has 6 nitrogen and oxygen atoms in total. The van der Waals surface area contributed by atoms with Crippen molar-refractivity contribution in [1.82, 2.24) is 20.0 Å². The summed E-state index contributed by atoms with van der Waals surface area (Å²) in [4.78, 5) is 15.0. The maximum Gasteiger partial charge on any atom is 0.254 e. The van der Waals surface area contributed by atoms with E-state index in [1.807, 2.05) is 37.3 Å². The first-order chi connectivity index (χ1) is 12.5. The van der Waals surface area contributed by atoms with Gasteiger partial charge >= 0.3 is 0 Å². The number of nitrogens with zero attached hydrogens (tertiary/aromatic N) is 3. The third-order valence-electron chi connectivity index (χ3n) is 4.59. The van der Waals surface area contributed by atoms with E-state index in [2.05, 4.69) is 29.2 Å². The van der Waals surface area contributed by atoms with E-state index in [9.17, 15) is 4.79 Å². The van der Waals surface area contributed by atoms with Gasteiger partial charge in [-0.1, -0.05) is 32.0 Å². The molecule has 1 N–H and O–H groups in total. The molecule has 1 aliphatic rings. The Morgan fingerprint density at radius 1 is 1.35 bits per heavy atom. The first-order valence-electron chi connectivity index (χ1n) is 9.26. The second-order valence-electron chi connectivity index (χ2n) is 7.25. The lowest BCUT2D eigenvalue weighted by atomic mass is 10.1. The molecule has 1 atom stereocenters. The predicted molar refractivity (Wildman–Crippen MR) is 102 cm³/mol. The fourth-order valence-corrected chi connectivity index (χ4v) is 3.35. The standard InChI is InChI=1S/C20H28N4O2/c1-15(2)13-23-9-10-26-18(14-23)11-21-20(25)19-12-22-24(16(19)3)17-7-5-4-6-8-17/h4-8,12,15,18H,9-11,13-14H2,1-3H3,(H,21,25). The number of hydrogen-bond donors (Lipinski definition) is 1. The molecular weight excluding hydrogens is 328 g/mol. The van der Waals surface area contributed by atoms with Gasteiger partial charge in [0, 0.05) is 26.2 Å². The lowest BCUT2D eigenvalue weighted by Crippen LogP contribution is -2.48. The van der Waals surface area contributed by atoms with Crippen LogP contribution in [0.5, 0.6) is 0 Å². The number of para-hydroxylation sites is 1. The van der Waals surface area contributed by atoms with Crippen molar-refractivity contribution in [3.05, 3.63) is 47.8 Å². The summed E-state index contributed by atoms with van der Waals surface area (Å²) in [6.45, 7) is 10.5. The first kappa shape index (κ1) is 18.6. The highest BCUT2D eigenvalue weighted by molar-refractivity contribution is 5.95. The van der Waals surface area contributed by atoms with Gasteiger partial charge in [0.1, 0.15) is 0 Å². The Morgan fingerprint density at radius 3 is 2.85 bits per heavy atom. The Morgan fingerprint density at radius 2 is 2.12 bits per heavy atom. The maximum absolute atomic E-state index is 12.6. The molecule has 1 aromatic carbocycles. The van der Waals surface area contributed by atoms with Crippen LogP contribution in [0.1, 0.15) is 29.9 Å². The van der Waals surface area contributed by atoms with E-state index in [0.29, 0.717) is 18.0 Å². The molecular formula is C20H28N4O2. The van der Waals surface area contributed by atoms with Crippen LogP contribution in [0, 0.1) is 12.8 Å². The number of carbonyl (C=O) groups is 1. The zero-order valence-corrected chi connectivity index (χ0v) is 15.8. The number of benzene rings is 1. The van der Waals surface area contributed by atoms with Gasteiger partial charge in [0.2, 0.25) is 0 Å². The second-order valence-corrected chi connectivity index (χ2v) is 7.25. The zero-order valence-electron chi connectivity index (χ0n) is 15.8. The van der Waals surface area contributed by atoms with E-state index in [-0.39, 0.29) is 12.0 Å². The molecule has 6 heteroatoms. The van der Waals surface area contributed by atoms with Crippen molar-refractivity contribution in [3.8, 4) is 5.69 Å². The number of aromatic nitrogens is 2. The number of carbonyl (C=O) groups excluding carboxylic acids is 1. The summed E-state index contributed by atoms with van der Waals surface area (Å²) in [5.74, 6) is 0.532. The molecule has 0 radical (unpaired) electrons. The van der Waals surface area contributed by atoms with E-state index in [4.69, 9.17) is 4.74 Å². The molecule has 1 aliphatic heterocycles. The van der Waals surface area contributed by atoms with Crippen molar-refractivity contribution in [2.24, 2.45) is 5.92 Å². The van der Waals surface area contributed by atoms with Crippen LogP contribution < -0.4 is 5.32 Å². The average molecular weight is 356 g/mol. The SMILES string of the molecule is Cc1c(C(=O)NCC2CN(CC(C)C)CCO2)cnn1-c1ccccc1. The fraction of sp³-hybridized carbons (Fsp3) is 0.500. The number of rotatable bonds is 6. The lowest BCUT2D eigenvalue weighted by Gasteiger charge is -2.33. The lowest BCUT2D eigenvalue weighted by molar-refractivity contribution is -0.0295. The molecule has 2 aromatic rings. The van der Waals surface area contributed by atoms with Crippen molar-refractivity contribution in [2.45, 2.75) is 26.9 Å². The van der Waals surface area contributed by atoms with Gasteiger partial charge in [-0.15, -0.1) is 0 Å². The fourth-order valence-electron chi connectivity index (χ4n) is 3.35. The van der Waals surface area contributed by atoms with Crippen LogP contribution >= 0.6 is 0 Å². The maximum atomic E-state index is 12.6. The van der Waals surface area contributed by atoms with Crippen molar-refractivity contribution < 1.29 is 9.53 Å². The van der Waals surface area contributed by atoms with Crippen LogP contribution in [-0.4, -0.2) is 59.5 Å². The summed E-state index contributed by atoms with van der Waals surface area (Å²) in [6.07, 6.45) is 1.67. The minimum absolute atomic E-state index is 0.0379. The number of hydrogen-bond acceptors (Lipinski definition) is 4. The first-order valence-corrected chi connectivity index (χ1v) is 9.26. The van der Waals surface area contributed by atoms with Gasteiger partial charge in [0.15, 0.2) is 0 Å². The molecule has 0 saturated carbocycles. The summed E-state index contributed by atoms with van der Waals surface area (Å²) in [6, 6.07) is 9.82. The Balaban J connectivity index is 1.58. The van der Waals surface area contributed by atoms with E-state index >= 15 is 0 Å². The van der Waals surface area contributed by atoms with Crippen LogP contribution in [0.15, 0.2) is 36.5 Å². The quantitative estimate of drug-likeness (QED) is 0.863. The molecule has 1 aromatic heterocycles. The molecule has 1 unspecified atom stereocenters. The Bertz CT molecular complexity index is 727. The smallest absolute Gasteiger partial charge is 0.254 e. The van der Waals surface area contributed by atoms with Crippen LogP contribution in [0.3, 0.4) is 0 Å². The minimum Gasteiger partial charge on any atom is -0.374 e. The largest absolute Gasteiger partial charge is 0.374 e. The number of morpholine rings is 1. The van der Waals surface area contributed by atoms with Crippen molar-refractivity contribution in [2.75, 3.05) is 32.8 Å². The summed E-state index contributed by atoms with van der Waals surface area (Å²) in [7, 11) is 0. The molecule has 140 valence electrons. The van der Waals surface area contributed by atoms with Crippen LogP contribution in [0.2, 0.25) is 0 Å². The zero-order chi connectivity index (χ0) is 18.5. The number of nitrogens with one attached hydrogen (secondary N) is 1. The highest BCUT2D eigenvalue weighted by atomic mass is 16.5. The molecule has 1 amide bonds. The molecule has 2 heterocycles. The van der Waals surface area contributed by atoms with Gasteiger partial charge in [-0.25, -0.2) is 4.68 Å². The van der Waals surface area contributed by atoms with E-state index in [1.165, 1.54) is 0 Å². The Labute approximate surface area is 155 Å². The monoisotopic (exact) mass is 356 g/mol. The van der Waals surface area contributed by atoms with Crippen molar-refractivity contribution in [1.29, 1.82) is 0 Å². The van der Waals surface area contributed by atoms with Crippen LogP contribution in [0.4, 0.5) is 0 Å². The number of amides is 1. The molecule has 0 bridgehead atoms. The van der Waals surface area contributed by atoms with Crippen molar-refractivity contribution in [3.63, 3.8) is 0 Å². The van der Waals surface area contributed by atoms with Gasteiger partial charge in [0.05, 0.1) is 35.9 Å². The van der Waals surface area contributed by atoms with Gasteiger partial charge in [0.25, 0.3) is 5.91 Å². The van der Waals surface area contributed by atoms with Gasteiger partial charge in [-0.2, -0.15) is 5.10 Å². The Hall–Kier alpha value is -2.18. The third-order valence-corrected chi connectivity index (χ3v) is 4.59. The van der Waals surface area contributed by atoms with Crippen molar-refractivity contribution >= 4 is 5.91 Å². The third kappa shape index (κ3) is 4.51. The predicted octanol–water partition coefficient (Wildman–Crippen LogP) is 2.27. The normalized spacial score (nSPS) is 18.2. The summed E-state index contributed by atoms with van der Waals surface area (Å²) < 4.78 is 7.59. The van der Waals surface area contributed by atoms with E-state index in [0.717, 1.165) is 37.6 Å².